The van der Waals surface area contributed by atoms with E-state index in [1.165, 1.54) is 32.1 Å². The lowest BCUT2D eigenvalue weighted by Crippen LogP contribution is -2.50. The van der Waals surface area contributed by atoms with Gasteiger partial charge in [-0.1, -0.05) is 6.92 Å². The molecule has 0 bridgehead atoms. The Morgan fingerprint density at radius 3 is 2.65 bits per heavy atom. The molecule has 0 amide bonds. The van der Waals surface area contributed by atoms with Gasteiger partial charge >= 0.3 is 5.97 Å². The first-order valence-electron chi connectivity index (χ1n) is 9.68. The average molecular weight is 318 g/mol. The zero-order chi connectivity index (χ0) is 16.2. The molecule has 0 aromatic heterocycles. The number of esters is 1. The van der Waals surface area contributed by atoms with Gasteiger partial charge in [-0.2, -0.15) is 0 Å². The minimum Gasteiger partial charge on any atom is -0.462 e. The van der Waals surface area contributed by atoms with E-state index in [1.807, 2.05) is 0 Å². The molecule has 0 spiro atoms. The van der Waals surface area contributed by atoms with Crippen molar-refractivity contribution in [1.29, 1.82) is 0 Å². The molecule has 0 unspecified atom stereocenters. The molecule has 128 valence electrons. The topological polar surface area (TPSA) is 43.4 Å². The van der Waals surface area contributed by atoms with Crippen molar-refractivity contribution in [1.82, 2.24) is 0 Å². The molecule has 3 nitrogen and oxygen atoms in total. The Kier molecular flexibility index (Phi) is 3.81. The van der Waals surface area contributed by atoms with Crippen molar-refractivity contribution in [2.45, 2.75) is 77.7 Å². The molecule has 4 aliphatic carbocycles. The molecular formula is C20H30O3. The third-order valence-corrected chi connectivity index (χ3v) is 7.99. The lowest BCUT2D eigenvalue weighted by atomic mass is 9.50. The van der Waals surface area contributed by atoms with Crippen LogP contribution in [0.25, 0.3) is 0 Å². The van der Waals surface area contributed by atoms with Crippen LogP contribution in [-0.2, 0) is 14.3 Å². The van der Waals surface area contributed by atoms with Crippen LogP contribution in [0.1, 0.15) is 71.6 Å². The van der Waals surface area contributed by atoms with Crippen molar-refractivity contribution in [3.8, 4) is 0 Å². The summed E-state index contributed by atoms with van der Waals surface area (Å²) in [6, 6.07) is 0. The van der Waals surface area contributed by atoms with E-state index in [9.17, 15) is 9.59 Å². The number of rotatable bonds is 1. The van der Waals surface area contributed by atoms with E-state index in [1.54, 1.807) is 6.92 Å². The Bertz CT molecular complexity index is 513. The lowest BCUT2D eigenvalue weighted by molar-refractivity contribution is -0.157. The number of ketones is 1. The number of Topliss-reactive ketones (excluding diaryl/α,β-unsaturated/α-hetero) is 1. The van der Waals surface area contributed by atoms with Crippen molar-refractivity contribution >= 4 is 11.8 Å². The maximum absolute atomic E-state index is 11.8. The van der Waals surface area contributed by atoms with Gasteiger partial charge in [0, 0.05) is 25.2 Å². The van der Waals surface area contributed by atoms with Crippen LogP contribution in [0, 0.1) is 35.0 Å². The van der Waals surface area contributed by atoms with Crippen LogP contribution in [0.3, 0.4) is 0 Å². The van der Waals surface area contributed by atoms with E-state index in [0.717, 1.165) is 49.4 Å². The molecule has 4 fully saturated rings. The number of carbonyl (C=O) groups is 2. The van der Waals surface area contributed by atoms with Gasteiger partial charge in [0.1, 0.15) is 11.9 Å². The van der Waals surface area contributed by atoms with Crippen LogP contribution < -0.4 is 0 Å². The number of hydrogen-bond donors (Lipinski definition) is 0. The third kappa shape index (κ3) is 2.46. The first-order chi connectivity index (χ1) is 11.0. The second-order valence-electron chi connectivity index (χ2n) is 8.94. The SMILES string of the molecule is CC(=O)O[C@H]1CC[C@H]2[C@@H]3CC[C@H]4CC(=O)CC[C@@H]4[C@H]3CC[C@]12C. The summed E-state index contributed by atoms with van der Waals surface area (Å²) in [6.07, 6.45) is 10.3. The molecule has 0 N–H and O–H groups in total. The molecule has 0 saturated heterocycles. The second-order valence-corrected chi connectivity index (χ2v) is 8.94. The van der Waals surface area contributed by atoms with Gasteiger partial charge in [0.05, 0.1) is 0 Å². The number of fused-ring (bicyclic) bond motifs is 5. The highest BCUT2D eigenvalue weighted by atomic mass is 16.5. The molecule has 0 radical (unpaired) electrons. The van der Waals surface area contributed by atoms with Gasteiger partial charge in [-0.3, -0.25) is 9.59 Å². The zero-order valence-electron chi connectivity index (χ0n) is 14.6. The number of ether oxygens (including phenoxy) is 1. The summed E-state index contributed by atoms with van der Waals surface area (Å²) in [5, 5.41) is 0. The second kappa shape index (κ2) is 5.60. The minimum atomic E-state index is -0.117. The van der Waals surface area contributed by atoms with E-state index in [-0.39, 0.29) is 17.5 Å². The van der Waals surface area contributed by atoms with Crippen LogP contribution in [-0.4, -0.2) is 17.9 Å². The van der Waals surface area contributed by atoms with Gasteiger partial charge in [-0.25, -0.2) is 0 Å². The maximum atomic E-state index is 11.8. The Labute approximate surface area is 139 Å². The van der Waals surface area contributed by atoms with E-state index in [2.05, 4.69) is 6.92 Å². The van der Waals surface area contributed by atoms with E-state index in [4.69, 9.17) is 4.74 Å². The molecule has 23 heavy (non-hydrogen) atoms. The molecular weight excluding hydrogens is 288 g/mol. The van der Waals surface area contributed by atoms with Gasteiger partial charge in [-0.15, -0.1) is 0 Å². The van der Waals surface area contributed by atoms with Crippen molar-refractivity contribution < 1.29 is 14.3 Å². The average Bonchev–Trinajstić information content (AvgIpc) is 2.83. The number of hydrogen-bond acceptors (Lipinski definition) is 3. The highest BCUT2D eigenvalue weighted by Crippen LogP contribution is 2.62. The Morgan fingerprint density at radius 1 is 1.04 bits per heavy atom. The third-order valence-electron chi connectivity index (χ3n) is 7.99. The fourth-order valence-corrected chi connectivity index (χ4v) is 7.01. The molecule has 0 aromatic rings. The summed E-state index contributed by atoms with van der Waals surface area (Å²) in [4.78, 5) is 23.3. The Hall–Kier alpha value is -0.860. The lowest BCUT2D eigenvalue weighted by Gasteiger charge is -2.55. The largest absolute Gasteiger partial charge is 0.462 e. The van der Waals surface area contributed by atoms with E-state index >= 15 is 0 Å². The molecule has 3 heteroatoms. The normalized spacial score (nSPS) is 49.0. The minimum absolute atomic E-state index is 0.117. The Balaban J connectivity index is 1.53. The van der Waals surface area contributed by atoms with Gasteiger partial charge < -0.3 is 4.74 Å². The first kappa shape index (κ1) is 15.7. The first-order valence-corrected chi connectivity index (χ1v) is 9.68. The van der Waals surface area contributed by atoms with Crippen molar-refractivity contribution in [2.75, 3.05) is 0 Å². The summed E-state index contributed by atoms with van der Waals surface area (Å²) < 4.78 is 5.70. The van der Waals surface area contributed by atoms with E-state index in [0.29, 0.717) is 11.7 Å². The predicted molar refractivity (Wildman–Crippen MR) is 87.7 cm³/mol. The molecule has 0 aromatic carbocycles. The van der Waals surface area contributed by atoms with Gasteiger partial charge in [0.2, 0.25) is 0 Å². The van der Waals surface area contributed by atoms with Crippen molar-refractivity contribution in [3.05, 3.63) is 0 Å². The number of carbonyl (C=O) groups excluding carboxylic acids is 2. The van der Waals surface area contributed by atoms with Gasteiger partial charge in [-0.05, 0) is 74.5 Å². The molecule has 4 saturated carbocycles. The fourth-order valence-electron chi connectivity index (χ4n) is 7.01. The standard InChI is InChI=1S/C20H30O3/c1-12(21)23-19-8-7-18-17-5-3-13-11-14(22)4-6-15(13)16(17)9-10-20(18,19)2/h13,15-19H,3-11H2,1-2H3/t13-,15-,16+,17+,18-,19-,20-/m0/s1. The van der Waals surface area contributed by atoms with Crippen LogP contribution in [0.2, 0.25) is 0 Å². The van der Waals surface area contributed by atoms with Crippen LogP contribution in [0.4, 0.5) is 0 Å². The molecule has 4 rings (SSSR count). The summed E-state index contributed by atoms with van der Waals surface area (Å²) in [6.45, 7) is 3.93. The van der Waals surface area contributed by atoms with Crippen molar-refractivity contribution in [3.63, 3.8) is 0 Å². The monoisotopic (exact) mass is 318 g/mol. The molecule has 0 aliphatic heterocycles. The Morgan fingerprint density at radius 2 is 1.87 bits per heavy atom. The van der Waals surface area contributed by atoms with Crippen LogP contribution >= 0.6 is 0 Å². The summed E-state index contributed by atoms with van der Waals surface area (Å²) in [5.74, 6) is 4.22. The summed E-state index contributed by atoms with van der Waals surface area (Å²) >= 11 is 0. The van der Waals surface area contributed by atoms with Gasteiger partial charge in [0.25, 0.3) is 0 Å². The highest BCUT2D eigenvalue weighted by Gasteiger charge is 2.58. The quantitative estimate of drug-likeness (QED) is 0.682. The van der Waals surface area contributed by atoms with E-state index < -0.39 is 0 Å². The van der Waals surface area contributed by atoms with Crippen molar-refractivity contribution in [2.24, 2.45) is 35.0 Å². The zero-order valence-corrected chi connectivity index (χ0v) is 14.6. The summed E-state index contributed by atoms with van der Waals surface area (Å²) in [5.41, 5.74) is 0.199. The molecule has 0 heterocycles. The summed E-state index contributed by atoms with van der Waals surface area (Å²) in [7, 11) is 0. The molecule has 4 aliphatic rings. The fraction of sp³-hybridized carbons (Fsp3) is 0.900. The van der Waals surface area contributed by atoms with Crippen LogP contribution in [0.5, 0.6) is 0 Å². The van der Waals surface area contributed by atoms with Gasteiger partial charge in [0.15, 0.2) is 0 Å². The van der Waals surface area contributed by atoms with Crippen LogP contribution in [0.15, 0.2) is 0 Å². The predicted octanol–water partition coefficient (Wildman–Crippen LogP) is 4.14. The highest BCUT2D eigenvalue weighted by molar-refractivity contribution is 5.79. The maximum Gasteiger partial charge on any atom is 0.302 e. The molecule has 7 atom stereocenters. The smallest absolute Gasteiger partial charge is 0.302 e.